The summed E-state index contributed by atoms with van der Waals surface area (Å²) in [7, 11) is 0. The third-order valence-electron chi connectivity index (χ3n) is 6.84. The maximum Gasteiger partial charge on any atom is -0.0172 e. The Morgan fingerprint density at radius 2 is 0.875 bits per heavy atom. The molecule has 2 aliphatic carbocycles. The van der Waals surface area contributed by atoms with Gasteiger partial charge in [0.2, 0.25) is 0 Å². The second-order valence-electron chi connectivity index (χ2n) is 9.61. The third-order valence-corrected chi connectivity index (χ3v) is 6.84. The van der Waals surface area contributed by atoms with E-state index >= 15 is 0 Å². The van der Waals surface area contributed by atoms with Crippen LogP contribution in [-0.2, 0) is 6.42 Å². The lowest BCUT2D eigenvalue weighted by molar-refractivity contribution is 0.535. The zero-order chi connectivity index (χ0) is 22.3. The smallest absolute Gasteiger partial charge is 0.0172 e. The standard InChI is InChI=1S/C32H44/c1-2-3-4-5-6-7-8-9-10-11-12-13-14-16-19-28-22-24-30-26-32(27-31(30)25-23-28)29-20-17-15-18-21-29/h15,17-18,20-27H,2-14,16,19H2,1H3. The topological polar surface area (TPSA) is 0 Å². The summed E-state index contributed by atoms with van der Waals surface area (Å²) in [5.74, 6) is 0. The van der Waals surface area contributed by atoms with Crippen LogP contribution in [-0.4, -0.2) is 0 Å². The summed E-state index contributed by atoms with van der Waals surface area (Å²) in [5, 5.41) is 0. The molecule has 1 aromatic rings. The minimum Gasteiger partial charge on any atom is -0.0654 e. The summed E-state index contributed by atoms with van der Waals surface area (Å²) in [6.45, 7) is 2.30. The van der Waals surface area contributed by atoms with Gasteiger partial charge in [-0.25, -0.2) is 0 Å². The molecule has 0 saturated carbocycles. The molecule has 0 aromatic heterocycles. The lowest BCUT2D eigenvalue weighted by atomic mass is 10.0. The fraction of sp³-hybridized carbons (Fsp3) is 0.500. The van der Waals surface area contributed by atoms with E-state index in [9.17, 15) is 0 Å². The van der Waals surface area contributed by atoms with Gasteiger partial charge in [-0.05, 0) is 52.8 Å². The van der Waals surface area contributed by atoms with Gasteiger partial charge < -0.3 is 0 Å². The maximum absolute atomic E-state index is 2.33. The quantitative estimate of drug-likeness (QED) is 0.199. The van der Waals surface area contributed by atoms with Crippen LogP contribution in [0.3, 0.4) is 0 Å². The molecule has 2 aliphatic rings. The van der Waals surface area contributed by atoms with E-state index in [-0.39, 0.29) is 0 Å². The Morgan fingerprint density at radius 3 is 1.38 bits per heavy atom. The van der Waals surface area contributed by atoms with Crippen molar-refractivity contribution < 1.29 is 0 Å². The third kappa shape index (κ3) is 8.81. The largest absolute Gasteiger partial charge is 0.0654 e. The summed E-state index contributed by atoms with van der Waals surface area (Å²) in [4.78, 5) is 0. The van der Waals surface area contributed by atoms with E-state index in [0.29, 0.717) is 0 Å². The molecule has 1 aromatic carbocycles. The van der Waals surface area contributed by atoms with Crippen molar-refractivity contribution in [2.45, 2.75) is 103 Å². The van der Waals surface area contributed by atoms with Crippen LogP contribution in [0.1, 0.15) is 102 Å². The highest BCUT2D eigenvalue weighted by atomic mass is 14.1. The zero-order valence-electron chi connectivity index (χ0n) is 20.5. The van der Waals surface area contributed by atoms with Gasteiger partial charge in [0.15, 0.2) is 0 Å². The van der Waals surface area contributed by atoms with E-state index in [1.54, 1.807) is 0 Å². The first kappa shape index (κ1) is 24.6. The molecule has 0 radical (unpaired) electrons. The van der Waals surface area contributed by atoms with Crippen LogP contribution in [0.15, 0.2) is 66.7 Å². The van der Waals surface area contributed by atoms with Crippen molar-refractivity contribution in [3.63, 3.8) is 0 Å². The van der Waals surface area contributed by atoms with Crippen LogP contribution in [0.5, 0.6) is 0 Å². The van der Waals surface area contributed by atoms with Gasteiger partial charge in [-0.1, -0.05) is 145 Å². The molecule has 0 nitrogen and oxygen atoms in total. The van der Waals surface area contributed by atoms with E-state index in [1.165, 1.54) is 124 Å². The van der Waals surface area contributed by atoms with Crippen LogP contribution < -0.4 is 0 Å². The summed E-state index contributed by atoms with van der Waals surface area (Å²) >= 11 is 0. The van der Waals surface area contributed by atoms with Crippen LogP contribution in [0.25, 0.3) is 22.3 Å². The minimum absolute atomic E-state index is 1.21. The number of unbranched alkanes of at least 4 members (excludes halogenated alkanes) is 13. The van der Waals surface area contributed by atoms with E-state index in [4.69, 9.17) is 0 Å². The molecule has 0 atom stereocenters. The molecule has 0 spiro atoms. The molecular weight excluding hydrogens is 384 g/mol. The highest BCUT2D eigenvalue weighted by Crippen LogP contribution is 2.32. The Kier molecular flexibility index (Phi) is 11.4. The van der Waals surface area contributed by atoms with Gasteiger partial charge in [0.05, 0.1) is 0 Å². The highest BCUT2D eigenvalue weighted by molar-refractivity contribution is 5.79. The average Bonchev–Trinajstić information content (AvgIpc) is 3.15. The number of hydrogen-bond donors (Lipinski definition) is 0. The molecule has 0 aliphatic heterocycles. The van der Waals surface area contributed by atoms with Gasteiger partial charge in [0.1, 0.15) is 0 Å². The lowest BCUT2D eigenvalue weighted by Crippen LogP contribution is -1.85. The van der Waals surface area contributed by atoms with Crippen molar-refractivity contribution in [1.82, 2.24) is 0 Å². The van der Waals surface area contributed by atoms with E-state index < -0.39 is 0 Å². The predicted molar refractivity (Wildman–Crippen MR) is 143 cm³/mol. The minimum atomic E-state index is 1.21. The molecule has 3 rings (SSSR count). The molecule has 0 heteroatoms. The first-order valence-electron chi connectivity index (χ1n) is 13.4. The van der Waals surface area contributed by atoms with Crippen molar-refractivity contribution >= 4 is 0 Å². The number of hydrogen-bond acceptors (Lipinski definition) is 0. The molecule has 0 N–H and O–H groups in total. The first-order chi connectivity index (χ1) is 15.9. The van der Waals surface area contributed by atoms with Gasteiger partial charge in [0, 0.05) is 0 Å². The Hall–Kier alpha value is -2.08. The molecule has 172 valence electrons. The summed E-state index contributed by atoms with van der Waals surface area (Å²) in [6, 6.07) is 24.6. The molecule has 0 unspecified atom stereocenters. The molecule has 32 heavy (non-hydrogen) atoms. The second-order valence-corrected chi connectivity index (χ2v) is 9.61. The van der Waals surface area contributed by atoms with Gasteiger partial charge in [0.25, 0.3) is 0 Å². The summed E-state index contributed by atoms with van der Waals surface area (Å²) in [6.07, 6.45) is 21.2. The normalized spacial score (nSPS) is 11.3. The lowest BCUT2D eigenvalue weighted by Gasteiger charge is -2.03. The van der Waals surface area contributed by atoms with E-state index in [2.05, 4.69) is 73.7 Å². The Balaban J connectivity index is 1.26. The van der Waals surface area contributed by atoms with Gasteiger partial charge in [-0.2, -0.15) is 0 Å². The van der Waals surface area contributed by atoms with Crippen molar-refractivity contribution in [1.29, 1.82) is 0 Å². The Morgan fingerprint density at radius 1 is 0.406 bits per heavy atom. The fourth-order valence-corrected chi connectivity index (χ4v) is 4.77. The second kappa shape index (κ2) is 14.9. The number of fused-ring (bicyclic) bond motifs is 1. The van der Waals surface area contributed by atoms with Crippen molar-refractivity contribution in [2.75, 3.05) is 0 Å². The highest BCUT2D eigenvalue weighted by Gasteiger charge is 2.07. The molecule has 0 amide bonds. The number of benzene rings is 1. The van der Waals surface area contributed by atoms with Crippen LogP contribution in [0, 0.1) is 0 Å². The van der Waals surface area contributed by atoms with Crippen molar-refractivity contribution in [3.05, 3.63) is 72.3 Å². The maximum atomic E-state index is 2.33. The van der Waals surface area contributed by atoms with Crippen molar-refractivity contribution in [2.24, 2.45) is 0 Å². The monoisotopic (exact) mass is 428 g/mol. The Labute approximate surface area is 197 Å². The van der Waals surface area contributed by atoms with E-state index in [0.717, 1.165) is 0 Å². The van der Waals surface area contributed by atoms with Crippen LogP contribution >= 0.6 is 0 Å². The van der Waals surface area contributed by atoms with Gasteiger partial charge in [-0.3, -0.25) is 0 Å². The Bertz CT molecular complexity index is 798. The first-order valence-corrected chi connectivity index (χ1v) is 13.4. The summed E-state index contributed by atoms with van der Waals surface area (Å²) in [5.41, 5.74) is 6.78. The molecule has 0 heterocycles. The van der Waals surface area contributed by atoms with Gasteiger partial charge >= 0.3 is 0 Å². The molecule has 0 saturated heterocycles. The van der Waals surface area contributed by atoms with E-state index in [1.807, 2.05) is 0 Å². The predicted octanol–water partition coefficient (Wildman–Crippen LogP) is 10.5. The van der Waals surface area contributed by atoms with Crippen molar-refractivity contribution in [3.8, 4) is 22.3 Å². The molecule has 0 fully saturated rings. The van der Waals surface area contributed by atoms with Gasteiger partial charge in [-0.15, -0.1) is 0 Å². The van der Waals surface area contributed by atoms with Crippen LogP contribution in [0.2, 0.25) is 0 Å². The SMILES string of the molecule is CCCCCCCCCCCCCCCCc1ccc2cc(-c3ccccc3)cc-2cc1. The molecular formula is C32H44. The fourth-order valence-electron chi connectivity index (χ4n) is 4.77. The number of rotatable bonds is 16. The average molecular weight is 429 g/mol. The number of aryl methyl sites for hydroxylation is 1. The molecule has 0 bridgehead atoms. The summed E-state index contributed by atoms with van der Waals surface area (Å²) < 4.78 is 0. The zero-order valence-corrected chi connectivity index (χ0v) is 20.5. The van der Waals surface area contributed by atoms with Crippen LogP contribution in [0.4, 0.5) is 0 Å².